The molecule has 9 heteroatoms. The Balaban J connectivity index is 3.11. The van der Waals surface area contributed by atoms with Crippen LogP contribution < -0.4 is 0 Å². The smallest absolute Gasteiger partial charge is 0.303 e. The van der Waals surface area contributed by atoms with Crippen LogP contribution in [0.5, 0.6) is 0 Å². The van der Waals surface area contributed by atoms with Crippen LogP contribution in [0.15, 0.2) is 0 Å². The molecular formula is C14H20O8S. The molecule has 4 atom stereocenters. The Kier molecular flexibility index (Phi) is 6.43. The molecule has 0 radical (unpaired) electrons. The van der Waals surface area contributed by atoms with Crippen LogP contribution in [0.25, 0.3) is 0 Å². The third-order valence-electron chi connectivity index (χ3n) is 3.05. The quantitative estimate of drug-likeness (QED) is 0.527. The normalized spacial score (nSPS) is 29.5. The van der Waals surface area contributed by atoms with Gasteiger partial charge in [0.05, 0.1) is 5.25 Å². The second-order valence-electron chi connectivity index (χ2n) is 5.23. The van der Waals surface area contributed by atoms with Crippen LogP contribution in [0.1, 0.15) is 34.6 Å². The van der Waals surface area contributed by atoms with E-state index in [1.165, 1.54) is 34.6 Å². The van der Waals surface area contributed by atoms with Gasteiger partial charge in [0.2, 0.25) is 0 Å². The number of carbonyl (C=O) groups is 4. The van der Waals surface area contributed by atoms with Crippen molar-refractivity contribution in [3.63, 3.8) is 0 Å². The molecule has 0 aromatic heterocycles. The van der Waals surface area contributed by atoms with Crippen molar-refractivity contribution in [2.24, 2.45) is 0 Å². The number of carbonyl (C=O) groups excluding carboxylic acids is 4. The number of hydrogen-bond donors (Lipinski definition) is 0. The minimum absolute atomic E-state index is 0.0768. The van der Waals surface area contributed by atoms with E-state index in [1.807, 2.05) is 0 Å². The Morgan fingerprint density at radius 3 is 1.91 bits per heavy atom. The van der Waals surface area contributed by atoms with Gasteiger partial charge in [0.25, 0.3) is 0 Å². The van der Waals surface area contributed by atoms with Crippen LogP contribution in [0.2, 0.25) is 0 Å². The third kappa shape index (κ3) is 5.12. The number of rotatable bonds is 5. The zero-order chi connectivity index (χ0) is 17.8. The van der Waals surface area contributed by atoms with Crippen LogP contribution in [-0.2, 0) is 38.1 Å². The van der Waals surface area contributed by atoms with Crippen LogP contribution in [0.4, 0.5) is 0 Å². The molecule has 1 heterocycles. The van der Waals surface area contributed by atoms with Crippen molar-refractivity contribution >= 4 is 35.6 Å². The summed E-state index contributed by atoms with van der Waals surface area (Å²) in [5.41, 5.74) is -2.28. The molecule has 0 aliphatic carbocycles. The molecule has 1 saturated heterocycles. The minimum atomic E-state index is -1.39. The summed E-state index contributed by atoms with van der Waals surface area (Å²) >= 11 is 1.11. The molecule has 0 aromatic rings. The van der Waals surface area contributed by atoms with E-state index in [1.54, 1.807) is 0 Å². The lowest BCUT2D eigenvalue weighted by atomic mass is 9.97. The zero-order valence-corrected chi connectivity index (χ0v) is 14.4. The van der Waals surface area contributed by atoms with E-state index < -0.39 is 46.3 Å². The lowest BCUT2D eigenvalue weighted by Gasteiger charge is -2.34. The van der Waals surface area contributed by atoms with Gasteiger partial charge in [-0.3, -0.25) is 19.2 Å². The van der Waals surface area contributed by atoms with Crippen LogP contribution >= 0.6 is 11.8 Å². The van der Waals surface area contributed by atoms with E-state index in [0.717, 1.165) is 11.8 Å². The highest BCUT2D eigenvalue weighted by atomic mass is 32.2. The maximum atomic E-state index is 11.4. The fraction of sp³-hybridized carbons (Fsp3) is 0.714. The van der Waals surface area contributed by atoms with Crippen LogP contribution in [0.3, 0.4) is 0 Å². The maximum Gasteiger partial charge on any atom is 0.303 e. The number of ether oxygens (including phenoxy) is 4. The van der Waals surface area contributed by atoms with Crippen molar-refractivity contribution in [1.29, 1.82) is 0 Å². The first-order valence-corrected chi connectivity index (χ1v) is 7.83. The Morgan fingerprint density at radius 1 is 0.913 bits per heavy atom. The molecule has 0 spiro atoms. The largest absolute Gasteiger partial charge is 0.465 e. The first-order chi connectivity index (χ1) is 10.6. The monoisotopic (exact) mass is 348 g/mol. The Hall–Kier alpha value is -1.77. The molecule has 0 aromatic carbocycles. The summed E-state index contributed by atoms with van der Waals surface area (Å²) in [5, 5.41) is -0.545. The van der Waals surface area contributed by atoms with Gasteiger partial charge in [-0.2, -0.15) is 0 Å². The highest BCUT2D eigenvalue weighted by Crippen LogP contribution is 2.46. The molecule has 0 saturated carbocycles. The summed E-state index contributed by atoms with van der Waals surface area (Å²) in [7, 11) is 0. The van der Waals surface area contributed by atoms with Gasteiger partial charge in [-0.05, 0) is 6.92 Å². The molecule has 0 N–H and O–H groups in total. The fourth-order valence-corrected chi connectivity index (χ4v) is 3.85. The lowest BCUT2D eigenvalue weighted by Crippen LogP contribution is -2.52. The Bertz CT molecular complexity index is 505. The maximum absolute atomic E-state index is 11.4. The van der Waals surface area contributed by atoms with E-state index in [2.05, 4.69) is 0 Å². The van der Waals surface area contributed by atoms with Crippen molar-refractivity contribution in [2.45, 2.75) is 57.0 Å². The molecular weight excluding hydrogens is 328 g/mol. The first kappa shape index (κ1) is 19.3. The summed E-state index contributed by atoms with van der Waals surface area (Å²) in [4.78, 5) is 45.2. The van der Waals surface area contributed by atoms with Gasteiger partial charge < -0.3 is 18.9 Å². The minimum Gasteiger partial charge on any atom is -0.465 e. The van der Waals surface area contributed by atoms with E-state index in [9.17, 15) is 19.2 Å². The first-order valence-electron chi connectivity index (χ1n) is 6.89. The van der Waals surface area contributed by atoms with E-state index >= 15 is 0 Å². The van der Waals surface area contributed by atoms with Crippen molar-refractivity contribution in [3.8, 4) is 0 Å². The van der Waals surface area contributed by atoms with Gasteiger partial charge in [-0.25, -0.2) is 0 Å². The molecule has 130 valence electrons. The molecule has 1 aliphatic rings. The number of thioether (sulfide) groups is 1. The summed E-state index contributed by atoms with van der Waals surface area (Å²) in [6.45, 7) is 6.30. The Morgan fingerprint density at radius 2 is 1.48 bits per heavy atom. The molecule has 1 aliphatic heterocycles. The van der Waals surface area contributed by atoms with Gasteiger partial charge >= 0.3 is 23.9 Å². The second-order valence-corrected chi connectivity index (χ2v) is 6.53. The fourth-order valence-electron chi connectivity index (χ4n) is 2.28. The molecule has 23 heavy (non-hydrogen) atoms. The lowest BCUT2D eigenvalue weighted by molar-refractivity contribution is -0.194. The van der Waals surface area contributed by atoms with Crippen molar-refractivity contribution in [3.05, 3.63) is 0 Å². The predicted molar refractivity (Wildman–Crippen MR) is 79.3 cm³/mol. The van der Waals surface area contributed by atoms with E-state index in [0.29, 0.717) is 0 Å². The molecule has 1 fully saturated rings. The van der Waals surface area contributed by atoms with Gasteiger partial charge in [0.1, 0.15) is 6.61 Å². The van der Waals surface area contributed by atoms with Crippen LogP contribution in [0, 0.1) is 0 Å². The SMILES string of the molecule is CC(=O)OC[C@H]1SC(OC(C)=O)[C@](C)(OC(C)=O)[C@@H]1OC(C)=O. The zero-order valence-electron chi connectivity index (χ0n) is 13.6. The molecule has 0 amide bonds. The highest BCUT2D eigenvalue weighted by molar-refractivity contribution is 8.00. The molecule has 1 rings (SSSR count). The van der Waals surface area contributed by atoms with Crippen LogP contribution in [-0.4, -0.2) is 52.9 Å². The molecule has 1 unspecified atom stereocenters. The third-order valence-corrected chi connectivity index (χ3v) is 4.59. The number of esters is 4. The van der Waals surface area contributed by atoms with Crippen molar-refractivity contribution < 1.29 is 38.1 Å². The summed E-state index contributed by atoms with van der Waals surface area (Å²) in [5.74, 6) is -2.28. The van der Waals surface area contributed by atoms with Gasteiger partial charge in [0, 0.05) is 27.7 Å². The standard InChI is InChI=1S/C14H20O8S/c1-7(15)19-6-11-12(20-8(2)16)14(5,22-10(4)18)13(23-11)21-9(3)17/h11-13H,6H2,1-5H3/t11-,12-,13?,14-/m1/s1. The molecule has 8 nitrogen and oxygen atoms in total. The average Bonchev–Trinajstić information content (AvgIpc) is 2.59. The van der Waals surface area contributed by atoms with Gasteiger partial charge in [-0.1, -0.05) is 0 Å². The summed E-state index contributed by atoms with van der Waals surface area (Å²) < 4.78 is 20.7. The van der Waals surface area contributed by atoms with Gasteiger partial charge in [0.15, 0.2) is 17.1 Å². The van der Waals surface area contributed by atoms with E-state index in [-0.39, 0.29) is 6.61 Å². The van der Waals surface area contributed by atoms with E-state index in [4.69, 9.17) is 18.9 Å². The second kappa shape index (κ2) is 7.67. The predicted octanol–water partition coefficient (Wildman–Crippen LogP) is 0.808. The summed E-state index contributed by atoms with van der Waals surface area (Å²) in [6.07, 6.45) is -0.933. The number of hydrogen-bond acceptors (Lipinski definition) is 9. The van der Waals surface area contributed by atoms with Crippen molar-refractivity contribution in [2.75, 3.05) is 6.61 Å². The topological polar surface area (TPSA) is 105 Å². The molecule has 0 bridgehead atoms. The summed E-state index contributed by atoms with van der Waals surface area (Å²) in [6, 6.07) is 0. The highest BCUT2D eigenvalue weighted by Gasteiger charge is 2.60. The Labute approximate surface area is 138 Å². The average molecular weight is 348 g/mol. The van der Waals surface area contributed by atoms with Crippen molar-refractivity contribution in [1.82, 2.24) is 0 Å². The van der Waals surface area contributed by atoms with Gasteiger partial charge in [-0.15, -0.1) is 11.8 Å².